The molecule has 2 saturated heterocycles. The summed E-state index contributed by atoms with van der Waals surface area (Å²) in [5.41, 5.74) is 1.23. The average molecular weight is 441 g/mol. The number of rotatable bonds is 6. The second kappa shape index (κ2) is 9.12. The maximum Gasteiger partial charge on any atom is 0.295 e. The van der Waals surface area contributed by atoms with E-state index in [1.165, 1.54) is 0 Å². The smallest absolute Gasteiger partial charge is 0.295 e. The zero-order valence-electron chi connectivity index (χ0n) is 17.4. The number of nitrogens with zero attached hydrogens (tertiary/aromatic N) is 2. The Morgan fingerprint density at radius 1 is 1.10 bits per heavy atom. The van der Waals surface area contributed by atoms with Crippen molar-refractivity contribution in [2.24, 2.45) is 0 Å². The minimum absolute atomic E-state index is 0.0823. The predicted octanol–water partition coefficient (Wildman–Crippen LogP) is 3.87. The third kappa shape index (κ3) is 4.31. The van der Waals surface area contributed by atoms with E-state index in [4.69, 9.17) is 16.3 Å². The number of Topliss-reactive ketones (excluding diaryl/α,β-unsaturated/α-hetero) is 1. The molecule has 0 bridgehead atoms. The van der Waals surface area contributed by atoms with Gasteiger partial charge in [-0.1, -0.05) is 23.7 Å². The lowest BCUT2D eigenvalue weighted by molar-refractivity contribution is -0.140. The van der Waals surface area contributed by atoms with E-state index in [1.807, 2.05) is 6.07 Å². The third-order valence-electron chi connectivity index (χ3n) is 5.92. The molecule has 0 spiro atoms. The van der Waals surface area contributed by atoms with Gasteiger partial charge >= 0.3 is 0 Å². The van der Waals surface area contributed by atoms with Crippen molar-refractivity contribution in [3.63, 3.8) is 0 Å². The molecule has 31 heavy (non-hydrogen) atoms. The minimum Gasteiger partial charge on any atom is -0.507 e. The molecule has 6 nitrogen and oxygen atoms in total. The predicted molar refractivity (Wildman–Crippen MR) is 119 cm³/mol. The first-order valence-corrected chi connectivity index (χ1v) is 10.8. The Labute approximate surface area is 186 Å². The first-order chi connectivity index (χ1) is 15.0. The van der Waals surface area contributed by atoms with Crippen molar-refractivity contribution in [3.05, 3.63) is 70.3 Å². The van der Waals surface area contributed by atoms with Crippen LogP contribution >= 0.6 is 11.6 Å². The number of benzene rings is 2. The lowest BCUT2D eigenvalue weighted by Gasteiger charge is -2.27. The van der Waals surface area contributed by atoms with E-state index >= 15 is 0 Å². The number of aliphatic hydroxyl groups is 1. The number of amides is 1. The molecule has 1 N–H and O–H groups in total. The van der Waals surface area contributed by atoms with E-state index in [0.717, 1.165) is 25.9 Å². The third-order valence-corrected chi connectivity index (χ3v) is 6.16. The van der Waals surface area contributed by atoms with Crippen molar-refractivity contribution in [3.8, 4) is 5.75 Å². The van der Waals surface area contributed by atoms with Crippen LogP contribution in [0.5, 0.6) is 5.75 Å². The maximum absolute atomic E-state index is 13.0. The molecule has 2 fully saturated rings. The summed E-state index contributed by atoms with van der Waals surface area (Å²) in [6, 6.07) is 13.1. The molecule has 0 aliphatic carbocycles. The summed E-state index contributed by atoms with van der Waals surface area (Å²) in [6.07, 6.45) is 2.29. The Morgan fingerprint density at radius 2 is 1.81 bits per heavy atom. The van der Waals surface area contributed by atoms with Crippen molar-refractivity contribution in [1.82, 2.24) is 9.80 Å². The molecular formula is C24H25ClN2O4. The molecule has 2 aromatic carbocycles. The topological polar surface area (TPSA) is 70.1 Å². The quantitative estimate of drug-likeness (QED) is 0.419. The van der Waals surface area contributed by atoms with Crippen LogP contribution in [0, 0.1) is 0 Å². The lowest BCUT2D eigenvalue weighted by Crippen LogP contribution is -2.37. The first kappa shape index (κ1) is 21.4. The zero-order chi connectivity index (χ0) is 22.0. The Morgan fingerprint density at radius 3 is 2.45 bits per heavy atom. The number of carbonyl (C=O) groups excluding carboxylic acids is 2. The van der Waals surface area contributed by atoms with Crippen LogP contribution in [0.1, 0.15) is 30.0 Å². The molecule has 2 aliphatic rings. The zero-order valence-corrected chi connectivity index (χ0v) is 18.1. The molecule has 0 saturated carbocycles. The van der Waals surface area contributed by atoms with Gasteiger partial charge in [0.2, 0.25) is 0 Å². The van der Waals surface area contributed by atoms with E-state index in [9.17, 15) is 14.7 Å². The fourth-order valence-electron chi connectivity index (χ4n) is 4.29. The normalized spacial score (nSPS) is 21.1. The molecule has 2 heterocycles. The van der Waals surface area contributed by atoms with Crippen LogP contribution in [0.15, 0.2) is 54.1 Å². The highest BCUT2D eigenvalue weighted by Crippen LogP contribution is 2.40. The maximum atomic E-state index is 13.0. The Hall–Kier alpha value is -2.83. The number of methoxy groups -OCH3 is 1. The Balaban J connectivity index is 1.75. The molecule has 4 rings (SSSR count). The van der Waals surface area contributed by atoms with Crippen LogP contribution in [0.4, 0.5) is 0 Å². The number of aliphatic hydroxyl groups excluding tert-OH is 1. The van der Waals surface area contributed by atoms with Crippen LogP contribution in [0.3, 0.4) is 0 Å². The van der Waals surface area contributed by atoms with Crippen LogP contribution in [-0.2, 0) is 9.59 Å². The van der Waals surface area contributed by atoms with Crippen LogP contribution in [0.2, 0.25) is 5.02 Å². The van der Waals surface area contributed by atoms with Gasteiger partial charge in [-0.05, 0) is 67.9 Å². The number of halogens is 1. The van der Waals surface area contributed by atoms with Crippen molar-refractivity contribution in [1.29, 1.82) is 0 Å². The van der Waals surface area contributed by atoms with E-state index < -0.39 is 17.7 Å². The van der Waals surface area contributed by atoms with E-state index in [-0.39, 0.29) is 11.3 Å². The molecule has 1 unspecified atom stereocenters. The standard InChI is InChI=1S/C24H25ClN2O4/c1-31-19-9-7-16(8-10-19)22(28)20-21(17-5-4-6-18(25)15-17)27(24(30)23(20)29)14-13-26-11-2-3-12-26/h4-10,15,21,28H,2-3,11-14H2,1H3/b22-20+. The highest BCUT2D eigenvalue weighted by atomic mass is 35.5. The summed E-state index contributed by atoms with van der Waals surface area (Å²) in [4.78, 5) is 29.9. The van der Waals surface area contributed by atoms with Crippen molar-refractivity contribution >= 4 is 29.1 Å². The summed E-state index contributed by atoms with van der Waals surface area (Å²) in [5, 5.41) is 11.6. The van der Waals surface area contributed by atoms with Gasteiger partial charge < -0.3 is 19.6 Å². The summed E-state index contributed by atoms with van der Waals surface area (Å²) in [5.74, 6) is -0.845. The molecule has 162 valence electrons. The summed E-state index contributed by atoms with van der Waals surface area (Å²) < 4.78 is 5.17. The van der Waals surface area contributed by atoms with Crippen molar-refractivity contribution < 1.29 is 19.4 Å². The van der Waals surface area contributed by atoms with Crippen molar-refractivity contribution in [2.75, 3.05) is 33.3 Å². The van der Waals surface area contributed by atoms with Gasteiger partial charge in [0.25, 0.3) is 11.7 Å². The van der Waals surface area contributed by atoms with Gasteiger partial charge in [0.05, 0.1) is 18.7 Å². The molecular weight excluding hydrogens is 416 g/mol. The molecule has 7 heteroatoms. The fraction of sp³-hybridized carbons (Fsp3) is 0.333. The fourth-order valence-corrected chi connectivity index (χ4v) is 4.49. The van der Waals surface area contributed by atoms with Gasteiger partial charge in [-0.15, -0.1) is 0 Å². The van der Waals surface area contributed by atoms with Crippen molar-refractivity contribution in [2.45, 2.75) is 18.9 Å². The number of ether oxygens (including phenoxy) is 1. The highest BCUT2D eigenvalue weighted by Gasteiger charge is 2.46. The van der Waals surface area contributed by atoms with Gasteiger partial charge in [-0.2, -0.15) is 0 Å². The second-order valence-electron chi connectivity index (χ2n) is 7.82. The number of hydrogen-bond acceptors (Lipinski definition) is 5. The minimum atomic E-state index is -0.691. The van der Waals surface area contributed by atoms with Gasteiger partial charge in [0.15, 0.2) is 0 Å². The molecule has 1 atom stereocenters. The van der Waals surface area contributed by atoms with Gasteiger partial charge in [-0.25, -0.2) is 0 Å². The second-order valence-corrected chi connectivity index (χ2v) is 8.26. The highest BCUT2D eigenvalue weighted by molar-refractivity contribution is 6.46. The first-order valence-electron chi connectivity index (χ1n) is 10.4. The monoisotopic (exact) mass is 440 g/mol. The Kier molecular flexibility index (Phi) is 6.30. The van der Waals surface area contributed by atoms with E-state index in [0.29, 0.717) is 35.0 Å². The average Bonchev–Trinajstić information content (AvgIpc) is 3.39. The van der Waals surface area contributed by atoms with Gasteiger partial charge in [0, 0.05) is 23.7 Å². The Bertz CT molecular complexity index is 1010. The summed E-state index contributed by atoms with van der Waals surface area (Å²) in [6.45, 7) is 3.09. The van der Waals surface area contributed by atoms with Gasteiger partial charge in [-0.3, -0.25) is 9.59 Å². The molecule has 0 radical (unpaired) electrons. The number of ketones is 1. The number of hydrogen-bond donors (Lipinski definition) is 1. The van der Waals surface area contributed by atoms with Gasteiger partial charge in [0.1, 0.15) is 11.5 Å². The van der Waals surface area contributed by atoms with Crippen LogP contribution in [-0.4, -0.2) is 59.9 Å². The lowest BCUT2D eigenvalue weighted by atomic mass is 9.95. The van der Waals surface area contributed by atoms with E-state index in [2.05, 4.69) is 4.90 Å². The molecule has 2 aromatic rings. The summed E-state index contributed by atoms with van der Waals surface area (Å²) in [7, 11) is 1.56. The summed E-state index contributed by atoms with van der Waals surface area (Å²) >= 11 is 6.21. The van der Waals surface area contributed by atoms with E-state index in [1.54, 1.807) is 54.5 Å². The molecule has 2 aliphatic heterocycles. The molecule has 1 amide bonds. The largest absolute Gasteiger partial charge is 0.507 e. The SMILES string of the molecule is COc1ccc(/C(O)=C2\C(=O)C(=O)N(CCN3CCCC3)C2c2cccc(Cl)c2)cc1. The van der Waals surface area contributed by atoms with Crippen LogP contribution in [0.25, 0.3) is 5.76 Å². The number of carbonyl (C=O) groups is 2. The number of likely N-dealkylation sites (tertiary alicyclic amines) is 2. The van der Waals surface area contributed by atoms with Crippen LogP contribution < -0.4 is 4.74 Å². The molecule has 0 aromatic heterocycles.